The van der Waals surface area contributed by atoms with Gasteiger partial charge in [0.1, 0.15) is 23.8 Å². The van der Waals surface area contributed by atoms with Crippen LogP contribution in [-0.4, -0.2) is 62.2 Å². The van der Waals surface area contributed by atoms with E-state index in [0.717, 1.165) is 40.3 Å². The summed E-state index contributed by atoms with van der Waals surface area (Å²) < 4.78 is 1.06. The number of thiazole rings is 1. The van der Waals surface area contributed by atoms with Crippen molar-refractivity contribution < 1.29 is 19.2 Å². The number of hydrazine groups is 1. The van der Waals surface area contributed by atoms with Crippen LogP contribution in [0, 0.1) is 18.3 Å². The van der Waals surface area contributed by atoms with Crippen molar-refractivity contribution in [1.82, 2.24) is 24.9 Å². The van der Waals surface area contributed by atoms with Gasteiger partial charge in [-0.2, -0.15) is 0 Å². The van der Waals surface area contributed by atoms with E-state index >= 15 is 0 Å². The second kappa shape index (κ2) is 10.1. The van der Waals surface area contributed by atoms with Crippen LogP contribution in [0.25, 0.3) is 0 Å². The minimum absolute atomic E-state index is 0.0933. The molecule has 2 aromatic rings. The molecule has 0 aliphatic heterocycles. The third kappa shape index (κ3) is 5.65. The predicted molar refractivity (Wildman–Crippen MR) is 134 cm³/mol. The molecule has 2 aliphatic rings. The molecule has 193 valence electrons. The summed E-state index contributed by atoms with van der Waals surface area (Å²) in [5.41, 5.74) is 1.74. The maximum Gasteiger partial charge on any atom is 0.341 e. The Kier molecular flexibility index (Phi) is 7.28. The second-order valence-electron chi connectivity index (χ2n) is 10.7. The van der Waals surface area contributed by atoms with Crippen molar-refractivity contribution in [3.63, 3.8) is 0 Å². The van der Waals surface area contributed by atoms with Crippen molar-refractivity contribution >= 4 is 40.6 Å². The molecule has 0 saturated heterocycles. The lowest BCUT2D eigenvalue weighted by Gasteiger charge is -2.30. The zero-order valence-corrected chi connectivity index (χ0v) is 21.8. The van der Waals surface area contributed by atoms with Gasteiger partial charge in [0.05, 0.1) is 5.69 Å². The van der Waals surface area contributed by atoms with E-state index in [4.69, 9.17) is 5.84 Å². The fourth-order valence-electron chi connectivity index (χ4n) is 4.11. The van der Waals surface area contributed by atoms with Gasteiger partial charge in [0, 0.05) is 18.0 Å². The number of carbonyl (C=O) groups excluding carboxylic acids is 4. The number of imidazole rings is 1. The monoisotopic (exact) mass is 514 g/mol. The van der Waals surface area contributed by atoms with Crippen LogP contribution < -0.4 is 16.2 Å². The maximum atomic E-state index is 13.7. The number of hydrogen-bond acceptors (Lipinski definition) is 9. The standard InChI is InChI=1S/C24H32N7O4S/c1-14-19(26-13-30(14)22(35)28-25)21(34)31(17(11-32)9-24(2,3)4)20(33)18-12-36-23(27-18)29(16-7-8-16)10-15-5-6-15/h12-13,15-17H,5-10,25H2,1-4H3,(H,28,35)/t17-/m0/s1. The Morgan fingerprint density at radius 1 is 1.25 bits per heavy atom. The molecule has 2 fully saturated rings. The molecular formula is C24H32N7O4S. The minimum atomic E-state index is -1.16. The fourth-order valence-corrected chi connectivity index (χ4v) is 5.00. The highest BCUT2D eigenvalue weighted by Crippen LogP contribution is 2.39. The minimum Gasteiger partial charge on any atom is -0.345 e. The van der Waals surface area contributed by atoms with Crippen LogP contribution in [0.4, 0.5) is 9.93 Å². The Morgan fingerprint density at radius 3 is 2.50 bits per heavy atom. The van der Waals surface area contributed by atoms with Crippen molar-refractivity contribution in [2.24, 2.45) is 17.2 Å². The second-order valence-corrected chi connectivity index (χ2v) is 11.6. The van der Waals surface area contributed by atoms with Crippen molar-refractivity contribution in [2.45, 2.75) is 71.9 Å². The zero-order valence-electron chi connectivity index (χ0n) is 21.0. The molecule has 11 nitrogen and oxygen atoms in total. The normalized spacial score (nSPS) is 16.4. The van der Waals surface area contributed by atoms with Crippen molar-refractivity contribution in [2.75, 3.05) is 11.4 Å². The average molecular weight is 515 g/mol. The van der Waals surface area contributed by atoms with Crippen molar-refractivity contribution in [1.29, 1.82) is 0 Å². The number of anilines is 1. The van der Waals surface area contributed by atoms with Gasteiger partial charge < -0.3 is 4.90 Å². The SMILES string of the molecule is Cc1c(C(=O)N(C(=O)c2csc(N(CC3CC3)C3CC3)n2)[C@H]([C]=O)CC(C)(C)C)ncn1C(=O)NN. The molecule has 2 aromatic heterocycles. The molecule has 1 radical (unpaired) electrons. The van der Waals surface area contributed by atoms with Gasteiger partial charge in [-0.3, -0.25) is 29.3 Å². The number of nitrogens with one attached hydrogen (secondary N) is 1. The first-order valence-electron chi connectivity index (χ1n) is 12.1. The summed E-state index contributed by atoms with van der Waals surface area (Å²) in [4.78, 5) is 63.2. The fraction of sp³-hybridized carbons (Fsp3) is 0.583. The van der Waals surface area contributed by atoms with E-state index < -0.39 is 23.9 Å². The lowest BCUT2D eigenvalue weighted by Crippen LogP contribution is -2.47. The molecule has 2 heterocycles. The van der Waals surface area contributed by atoms with E-state index in [-0.39, 0.29) is 28.9 Å². The van der Waals surface area contributed by atoms with Crippen molar-refractivity contribution in [3.8, 4) is 0 Å². The van der Waals surface area contributed by atoms with Crippen LogP contribution >= 0.6 is 11.3 Å². The van der Waals surface area contributed by atoms with Gasteiger partial charge in [-0.1, -0.05) is 20.8 Å². The van der Waals surface area contributed by atoms with E-state index in [1.165, 1.54) is 31.1 Å². The summed E-state index contributed by atoms with van der Waals surface area (Å²) in [6, 6.07) is -1.41. The summed E-state index contributed by atoms with van der Waals surface area (Å²) in [5, 5.41) is 2.38. The molecule has 36 heavy (non-hydrogen) atoms. The number of aromatic nitrogens is 3. The first kappa shape index (κ1) is 26.0. The van der Waals surface area contributed by atoms with Gasteiger partial charge >= 0.3 is 6.03 Å². The van der Waals surface area contributed by atoms with Gasteiger partial charge in [0.2, 0.25) is 6.29 Å². The molecule has 0 unspecified atom stereocenters. The number of nitrogen functional groups attached to an aromatic ring is 1. The third-order valence-corrected chi connectivity index (χ3v) is 7.22. The van der Waals surface area contributed by atoms with E-state index in [2.05, 4.69) is 14.9 Å². The largest absolute Gasteiger partial charge is 0.345 e. The number of rotatable bonds is 9. The average Bonchev–Trinajstić information content (AvgIpc) is 3.75. The lowest BCUT2D eigenvalue weighted by molar-refractivity contribution is 0.0552. The molecule has 3 N–H and O–H groups in total. The summed E-state index contributed by atoms with van der Waals surface area (Å²) in [6.07, 6.45) is 7.84. The Labute approximate surface area is 214 Å². The summed E-state index contributed by atoms with van der Waals surface area (Å²) in [6.45, 7) is 8.14. The van der Waals surface area contributed by atoms with E-state index in [9.17, 15) is 19.2 Å². The van der Waals surface area contributed by atoms with E-state index in [1.54, 1.807) is 5.38 Å². The lowest BCUT2D eigenvalue weighted by atomic mass is 9.87. The first-order valence-corrected chi connectivity index (χ1v) is 12.9. The quantitative estimate of drug-likeness (QED) is 0.225. The molecule has 12 heteroatoms. The Balaban J connectivity index is 1.67. The van der Waals surface area contributed by atoms with E-state index in [0.29, 0.717) is 12.0 Å². The van der Waals surface area contributed by atoms with Gasteiger partial charge in [-0.05, 0) is 50.4 Å². The van der Waals surface area contributed by atoms with Crippen LogP contribution in [0.15, 0.2) is 11.7 Å². The molecule has 2 saturated carbocycles. The molecule has 0 spiro atoms. The van der Waals surface area contributed by atoms with E-state index in [1.807, 2.05) is 32.5 Å². The van der Waals surface area contributed by atoms with Gasteiger partial charge in [0.15, 0.2) is 5.13 Å². The van der Waals surface area contributed by atoms with Crippen LogP contribution in [0.5, 0.6) is 0 Å². The number of hydrogen-bond donors (Lipinski definition) is 2. The summed E-state index contributed by atoms with van der Waals surface area (Å²) in [7, 11) is 0. The number of imide groups is 1. The highest BCUT2D eigenvalue weighted by atomic mass is 32.1. The number of nitrogens with two attached hydrogens (primary N) is 1. The maximum absolute atomic E-state index is 13.7. The molecule has 3 amide bonds. The molecule has 0 aromatic carbocycles. The predicted octanol–water partition coefficient (Wildman–Crippen LogP) is 2.66. The van der Waals surface area contributed by atoms with Crippen LogP contribution in [0.3, 0.4) is 0 Å². The Morgan fingerprint density at radius 2 is 1.94 bits per heavy atom. The molecule has 2 aliphatic carbocycles. The topological polar surface area (TPSA) is 144 Å². The van der Waals surface area contributed by atoms with Crippen LogP contribution in [-0.2, 0) is 4.79 Å². The van der Waals surface area contributed by atoms with Gasteiger partial charge in [0.25, 0.3) is 11.8 Å². The Bertz CT molecular complexity index is 1160. The third-order valence-electron chi connectivity index (χ3n) is 6.34. The summed E-state index contributed by atoms with van der Waals surface area (Å²) in [5.74, 6) is 4.38. The van der Waals surface area contributed by atoms with Crippen LogP contribution in [0.1, 0.15) is 79.5 Å². The Hall–Kier alpha value is -3.12. The molecule has 1 atom stereocenters. The summed E-state index contributed by atoms with van der Waals surface area (Å²) >= 11 is 1.37. The molecule has 4 rings (SSSR count). The number of nitrogens with zero attached hydrogens (tertiary/aromatic N) is 5. The zero-order chi connectivity index (χ0) is 26.2. The molecular weight excluding hydrogens is 482 g/mol. The first-order chi connectivity index (χ1) is 17.0. The van der Waals surface area contributed by atoms with Gasteiger partial charge in [-0.25, -0.2) is 20.6 Å². The number of amides is 3. The smallest absolute Gasteiger partial charge is 0.341 e. The highest BCUT2D eigenvalue weighted by Gasteiger charge is 2.39. The highest BCUT2D eigenvalue weighted by molar-refractivity contribution is 7.14. The molecule has 0 bridgehead atoms. The number of carbonyl (C=O) groups is 3. The van der Waals surface area contributed by atoms with Crippen LogP contribution in [0.2, 0.25) is 0 Å². The van der Waals surface area contributed by atoms with Gasteiger partial charge in [-0.15, -0.1) is 11.3 Å². The van der Waals surface area contributed by atoms with Crippen molar-refractivity contribution in [3.05, 3.63) is 28.8 Å².